The fourth-order valence-electron chi connectivity index (χ4n) is 1.78. The maximum atomic E-state index is 13.4. The molecule has 0 heterocycles. The number of aliphatic carboxylic acids is 1. The van der Waals surface area contributed by atoms with Crippen molar-refractivity contribution in [2.45, 2.75) is 45.3 Å². The second-order valence-electron chi connectivity index (χ2n) is 4.89. The van der Waals surface area contributed by atoms with Crippen LogP contribution in [0.5, 0.6) is 5.75 Å². The molecule has 0 spiro atoms. The van der Waals surface area contributed by atoms with Crippen molar-refractivity contribution >= 4 is 11.9 Å². The molecule has 0 radical (unpaired) electrons. The van der Waals surface area contributed by atoms with E-state index >= 15 is 0 Å². The second-order valence-corrected chi connectivity index (χ2v) is 4.89. The largest absolute Gasteiger partial charge is 0.481 e. The van der Waals surface area contributed by atoms with E-state index in [4.69, 9.17) is 9.84 Å². The second kappa shape index (κ2) is 8.24. The number of benzene rings is 1. The molecule has 1 rings (SSSR count). The first-order chi connectivity index (χ1) is 9.90. The molecular weight excluding hydrogens is 277 g/mol. The van der Waals surface area contributed by atoms with Crippen molar-refractivity contribution in [3.63, 3.8) is 0 Å². The predicted octanol–water partition coefficient (Wildman–Crippen LogP) is 2.35. The van der Waals surface area contributed by atoms with Crippen molar-refractivity contribution in [2.24, 2.45) is 0 Å². The molecule has 0 fully saturated rings. The summed E-state index contributed by atoms with van der Waals surface area (Å²) in [5.74, 6) is -1.71. The van der Waals surface area contributed by atoms with Gasteiger partial charge >= 0.3 is 5.97 Å². The van der Waals surface area contributed by atoms with Gasteiger partial charge in [0.1, 0.15) is 0 Å². The summed E-state index contributed by atoms with van der Waals surface area (Å²) in [6, 6.07) is 5.71. The Morgan fingerprint density at radius 2 is 2.00 bits per heavy atom. The number of para-hydroxylation sites is 1. The van der Waals surface area contributed by atoms with Crippen LogP contribution in [0.15, 0.2) is 24.3 Å². The van der Waals surface area contributed by atoms with Gasteiger partial charge < -0.3 is 15.2 Å². The third kappa shape index (κ3) is 6.25. The summed E-state index contributed by atoms with van der Waals surface area (Å²) in [6.07, 6.45) is 0.287. The maximum absolute atomic E-state index is 13.4. The molecule has 0 bridgehead atoms. The molecule has 2 N–H and O–H groups in total. The molecule has 116 valence electrons. The minimum atomic E-state index is -0.857. The van der Waals surface area contributed by atoms with E-state index in [2.05, 4.69) is 5.32 Å². The lowest BCUT2D eigenvalue weighted by atomic mass is 10.1. The minimum Gasteiger partial charge on any atom is -0.481 e. The Hall–Kier alpha value is -2.11. The molecular formula is C15H20FNO4. The minimum absolute atomic E-state index is 0.0266. The van der Waals surface area contributed by atoms with Crippen LogP contribution in [0.3, 0.4) is 0 Å². The fourth-order valence-corrected chi connectivity index (χ4v) is 1.78. The third-order valence-corrected chi connectivity index (χ3v) is 2.93. The Morgan fingerprint density at radius 1 is 1.33 bits per heavy atom. The molecule has 0 saturated carbocycles. The van der Waals surface area contributed by atoms with Gasteiger partial charge in [-0.05, 0) is 38.8 Å². The van der Waals surface area contributed by atoms with Gasteiger partial charge in [-0.3, -0.25) is 9.59 Å². The van der Waals surface area contributed by atoms with Crippen molar-refractivity contribution in [2.75, 3.05) is 0 Å². The Balaban J connectivity index is 2.40. The molecule has 0 aliphatic rings. The number of carboxylic acid groups (broad SMARTS) is 1. The monoisotopic (exact) mass is 297 g/mol. The summed E-state index contributed by atoms with van der Waals surface area (Å²) in [4.78, 5) is 22.3. The molecule has 0 saturated heterocycles. The number of carbonyl (C=O) groups excluding carboxylic acids is 1. The molecule has 1 amide bonds. The predicted molar refractivity (Wildman–Crippen MR) is 75.6 cm³/mol. The first-order valence-electron chi connectivity index (χ1n) is 6.83. The molecule has 1 aromatic carbocycles. The van der Waals surface area contributed by atoms with Crippen LogP contribution in [-0.2, 0) is 9.59 Å². The summed E-state index contributed by atoms with van der Waals surface area (Å²) in [6.45, 7) is 3.32. The lowest BCUT2D eigenvalue weighted by Gasteiger charge is -2.18. The van der Waals surface area contributed by atoms with E-state index in [-0.39, 0.29) is 24.1 Å². The van der Waals surface area contributed by atoms with Gasteiger partial charge in [0.2, 0.25) is 0 Å². The van der Waals surface area contributed by atoms with E-state index in [1.807, 2.05) is 0 Å². The average Bonchev–Trinajstić information content (AvgIpc) is 2.40. The first kappa shape index (κ1) is 16.9. The van der Waals surface area contributed by atoms with E-state index in [0.717, 1.165) is 0 Å². The number of nitrogens with one attached hydrogen (secondary N) is 1. The molecule has 6 heteroatoms. The van der Waals surface area contributed by atoms with Crippen LogP contribution in [0.25, 0.3) is 0 Å². The Morgan fingerprint density at radius 3 is 2.62 bits per heavy atom. The normalized spacial score (nSPS) is 13.3. The highest BCUT2D eigenvalue weighted by atomic mass is 19.1. The topological polar surface area (TPSA) is 75.6 Å². The molecule has 5 nitrogen and oxygen atoms in total. The third-order valence-electron chi connectivity index (χ3n) is 2.93. The van der Waals surface area contributed by atoms with Crippen LogP contribution in [0.1, 0.15) is 33.1 Å². The van der Waals surface area contributed by atoms with Crippen LogP contribution < -0.4 is 10.1 Å². The van der Waals surface area contributed by atoms with Gasteiger partial charge in [-0.2, -0.15) is 0 Å². The SMILES string of the molecule is CC(CCCC(=O)O)NC(=O)C(C)Oc1ccccc1F. The first-order valence-corrected chi connectivity index (χ1v) is 6.83. The van der Waals surface area contributed by atoms with Gasteiger partial charge in [-0.15, -0.1) is 0 Å². The number of hydrogen-bond acceptors (Lipinski definition) is 3. The number of rotatable bonds is 8. The van der Waals surface area contributed by atoms with E-state index < -0.39 is 17.9 Å². The number of carboxylic acids is 1. The lowest BCUT2D eigenvalue weighted by molar-refractivity contribution is -0.137. The molecule has 2 unspecified atom stereocenters. The summed E-state index contributed by atoms with van der Waals surface area (Å²) < 4.78 is 18.7. The number of halogens is 1. The fraction of sp³-hybridized carbons (Fsp3) is 0.467. The molecule has 0 aromatic heterocycles. The van der Waals surface area contributed by atoms with Crippen LogP contribution in [-0.4, -0.2) is 29.1 Å². The van der Waals surface area contributed by atoms with Gasteiger partial charge in [0.15, 0.2) is 17.7 Å². The van der Waals surface area contributed by atoms with Crippen molar-refractivity contribution in [1.82, 2.24) is 5.32 Å². The number of carbonyl (C=O) groups is 2. The lowest BCUT2D eigenvalue weighted by Crippen LogP contribution is -2.41. The van der Waals surface area contributed by atoms with Gasteiger partial charge in [0, 0.05) is 12.5 Å². The molecule has 21 heavy (non-hydrogen) atoms. The molecule has 0 aliphatic carbocycles. The highest BCUT2D eigenvalue weighted by Gasteiger charge is 2.18. The van der Waals surface area contributed by atoms with Gasteiger partial charge in [0.25, 0.3) is 5.91 Å². The maximum Gasteiger partial charge on any atom is 0.303 e. The highest BCUT2D eigenvalue weighted by Crippen LogP contribution is 2.17. The smallest absolute Gasteiger partial charge is 0.303 e. The van der Waals surface area contributed by atoms with Crippen LogP contribution >= 0.6 is 0 Å². The molecule has 0 aliphatic heterocycles. The number of ether oxygens (including phenoxy) is 1. The van der Waals surface area contributed by atoms with Gasteiger partial charge in [-0.1, -0.05) is 12.1 Å². The zero-order valence-electron chi connectivity index (χ0n) is 12.1. The van der Waals surface area contributed by atoms with Crippen LogP contribution in [0.2, 0.25) is 0 Å². The van der Waals surface area contributed by atoms with Gasteiger partial charge in [-0.25, -0.2) is 4.39 Å². The van der Waals surface area contributed by atoms with Crippen molar-refractivity contribution in [3.05, 3.63) is 30.1 Å². The summed E-state index contributed by atoms with van der Waals surface area (Å²) >= 11 is 0. The summed E-state index contributed by atoms with van der Waals surface area (Å²) in [7, 11) is 0. The van der Waals surface area contributed by atoms with E-state index in [9.17, 15) is 14.0 Å². The zero-order chi connectivity index (χ0) is 15.8. The zero-order valence-corrected chi connectivity index (χ0v) is 12.1. The average molecular weight is 297 g/mol. The van der Waals surface area contributed by atoms with Crippen molar-refractivity contribution in [3.8, 4) is 5.75 Å². The highest BCUT2D eigenvalue weighted by molar-refractivity contribution is 5.81. The quantitative estimate of drug-likeness (QED) is 0.772. The van der Waals surface area contributed by atoms with Crippen molar-refractivity contribution in [1.29, 1.82) is 0 Å². The van der Waals surface area contributed by atoms with Crippen LogP contribution in [0.4, 0.5) is 4.39 Å². The standard InChI is InChI=1S/C15H20FNO4/c1-10(6-5-9-14(18)19)17-15(20)11(2)21-13-8-4-3-7-12(13)16/h3-4,7-8,10-11H,5-6,9H2,1-2H3,(H,17,20)(H,18,19). The van der Waals surface area contributed by atoms with E-state index in [1.54, 1.807) is 13.0 Å². The molecule has 1 aromatic rings. The Bertz CT molecular complexity index is 492. The van der Waals surface area contributed by atoms with E-state index in [1.165, 1.54) is 25.1 Å². The Kier molecular flexibility index (Phi) is 6.65. The van der Waals surface area contributed by atoms with E-state index in [0.29, 0.717) is 12.8 Å². The summed E-state index contributed by atoms with van der Waals surface area (Å²) in [5.41, 5.74) is 0. The van der Waals surface area contributed by atoms with Gasteiger partial charge in [0.05, 0.1) is 0 Å². The van der Waals surface area contributed by atoms with Crippen molar-refractivity contribution < 1.29 is 23.8 Å². The Labute approximate surface area is 123 Å². The van der Waals surface area contributed by atoms with Crippen LogP contribution in [0, 0.1) is 5.82 Å². The summed E-state index contributed by atoms with van der Waals surface area (Å²) in [5, 5.41) is 11.3. The molecule has 2 atom stereocenters. The number of amides is 1. The number of hydrogen-bond donors (Lipinski definition) is 2.